The summed E-state index contributed by atoms with van der Waals surface area (Å²) >= 11 is 6.27. The third-order valence-corrected chi connectivity index (χ3v) is 5.35. The van der Waals surface area contributed by atoms with Gasteiger partial charge in [0.05, 0.1) is 6.54 Å². The molecule has 0 amide bonds. The Morgan fingerprint density at radius 2 is 2.00 bits per heavy atom. The van der Waals surface area contributed by atoms with E-state index in [4.69, 9.17) is 11.6 Å². The lowest BCUT2D eigenvalue weighted by Gasteiger charge is -2.15. The minimum Gasteiger partial charge on any atom is -0.340 e. The van der Waals surface area contributed by atoms with Crippen molar-refractivity contribution in [2.24, 2.45) is 0 Å². The number of nitrogens with zero attached hydrogens (tertiary/aromatic N) is 1. The van der Waals surface area contributed by atoms with Crippen LogP contribution in [0.1, 0.15) is 23.2 Å². The maximum Gasteiger partial charge on any atom is 0.129 e. The van der Waals surface area contributed by atoms with Gasteiger partial charge in [-0.05, 0) is 43.7 Å². The second-order valence-electron chi connectivity index (χ2n) is 6.45. The summed E-state index contributed by atoms with van der Waals surface area (Å²) < 4.78 is 16.5. The molecule has 25 heavy (non-hydrogen) atoms. The van der Waals surface area contributed by atoms with Crippen molar-refractivity contribution < 1.29 is 4.39 Å². The first-order chi connectivity index (χ1) is 12.2. The fourth-order valence-electron chi connectivity index (χ4n) is 3.73. The molecule has 0 aliphatic carbocycles. The number of halogens is 2. The molecule has 0 bridgehead atoms. The molecule has 0 saturated heterocycles. The van der Waals surface area contributed by atoms with Crippen LogP contribution in [0.25, 0.3) is 16.5 Å². The van der Waals surface area contributed by atoms with Gasteiger partial charge in [0, 0.05) is 39.3 Å². The SMILES string of the molecule is Cc1c(C2=CCNCC2)c2ccccc2n1Cc1c(F)cccc1Cl. The first-order valence-corrected chi connectivity index (χ1v) is 8.95. The molecule has 2 aromatic carbocycles. The predicted octanol–water partition coefficient (Wildman–Crippen LogP) is 5.17. The highest BCUT2D eigenvalue weighted by Gasteiger charge is 2.19. The third-order valence-electron chi connectivity index (χ3n) is 4.99. The zero-order chi connectivity index (χ0) is 17.4. The van der Waals surface area contributed by atoms with E-state index < -0.39 is 0 Å². The molecule has 3 aromatic rings. The van der Waals surface area contributed by atoms with Crippen molar-refractivity contribution >= 4 is 28.1 Å². The van der Waals surface area contributed by atoms with Crippen LogP contribution in [0.3, 0.4) is 0 Å². The highest BCUT2D eigenvalue weighted by molar-refractivity contribution is 6.31. The van der Waals surface area contributed by atoms with E-state index in [2.05, 4.69) is 41.1 Å². The smallest absolute Gasteiger partial charge is 0.129 e. The molecule has 0 unspecified atom stereocenters. The number of hydrogen-bond acceptors (Lipinski definition) is 1. The van der Waals surface area contributed by atoms with Gasteiger partial charge in [-0.15, -0.1) is 0 Å². The zero-order valence-electron chi connectivity index (χ0n) is 14.2. The predicted molar refractivity (Wildman–Crippen MR) is 103 cm³/mol. The van der Waals surface area contributed by atoms with E-state index in [1.165, 1.54) is 22.6 Å². The van der Waals surface area contributed by atoms with E-state index in [0.717, 1.165) is 30.7 Å². The Morgan fingerprint density at radius 3 is 2.76 bits per heavy atom. The van der Waals surface area contributed by atoms with Gasteiger partial charge in [0.1, 0.15) is 5.82 Å². The Morgan fingerprint density at radius 1 is 1.16 bits per heavy atom. The Labute approximate surface area is 151 Å². The summed E-state index contributed by atoms with van der Waals surface area (Å²) in [4.78, 5) is 0. The molecule has 1 aliphatic heterocycles. The molecular formula is C21H20ClFN2. The minimum atomic E-state index is -0.257. The molecule has 1 aromatic heterocycles. The topological polar surface area (TPSA) is 17.0 Å². The van der Waals surface area contributed by atoms with Gasteiger partial charge >= 0.3 is 0 Å². The summed E-state index contributed by atoms with van der Waals surface area (Å²) in [5.41, 5.74) is 5.47. The third kappa shape index (κ3) is 2.88. The molecule has 1 aliphatic rings. The van der Waals surface area contributed by atoms with Crippen LogP contribution in [0.4, 0.5) is 4.39 Å². The number of rotatable bonds is 3. The van der Waals surface area contributed by atoms with Crippen LogP contribution in [0, 0.1) is 12.7 Å². The number of hydrogen-bond donors (Lipinski definition) is 1. The number of fused-ring (bicyclic) bond motifs is 1. The second-order valence-corrected chi connectivity index (χ2v) is 6.85. The Hall–Kier alpha value is -2.10. The quantitative estimate of drug-likeness (QED) is 0.686. The summed E-state index contributed by atoms with van der Waals surface area (Å²) in [6.45, 7) is 4.44. The molecule has 0 saturated carbocycles. The fraction of sp³-hybridized carbons (Fsp3) is 0.238. The van der Waals surface area contributed by atoms with Crippen LogP contribution in [0.5, 0.6) is 0 Å². The molecule has 4 heteroatoms. The lowest BCUT2D eigenvalue weighted by molar-refractivity contribution is 0.600. The van der Waals surface area contributed by atoms with E-state index in [1.807, 2.05) is 6.07 Å². The van der Waals surface area contributed by atoms with Gasteiger partial charge in [0.2, 0.25) is 0 Å². The van der Waals surface area contributed by atoms with Crippen molar-refractivity contribution in [2.45, 2.75) is 19.9 Å². The molecule has 0 spiro atoms. The number of nitrogens with one attached hydrogen (secondary N) is 1. The minimum absolute atomic E-state index is 0.257. The summed E-state index contributed by atoms with van der Waals surface area (Å²) in [5.74, 6) is -0.257. The van der Waals surface area contributed by atoms with Gasteiger partial charge in [-0.2, -0.15) is 0 Å². The fourth-order valence-corrected chi connectivity index (χ4v) is 3.95. The molecule has 4 rings (SSSR count). The highest BCUT2D eigenvalue weighted by atomic mass is 35.5. The maximum absolute atomic E-state index is 14.3. The largest absolute Gasteiger partial charge is 0.340 e. The van der Waals surface area contributed by atoms with Crippen molar-refractivity contribution in [1.82, 2.24) is 9.88 Å². The molecule has 128 valence electrons. The number of benzene rings is 2. The monoisotopic (exact) mass is 354 g/mol. The van der Waals surface area contributed by atoms with Gasteiger partial charge in [0.25, 0.3) is 0 Å². The standard InChI is InChI=1S/C21H20ClFN2/c1-14-21(15-9-11-24-12-10-15)16-5-2-3-8-20(16)25(14)13-17-18(22)6-4-7-19(17)23/h2-9,24H,10-13H2,1H3. The number of para-hydroxylation sites is 1. The van der Waals surface area contributed by atoms with Crippen LogP contribution < -0.4 is 5.32 Å². The lowest BCUT2D eigenvalue weighted by Crippen LogP contribution is -2.20. The van der Waals surface area contributed by atoms with E-state index in [9.17, 15) is 4.39 Å². The first-order valence-electron chi connectivity index (χ1n) is 8.57. The molecule has 2 heterocycles. The zero-order valence-corrected chi connectivity index (χ0v) is 14.9. The summed E-state index contributed by atoms with van der Waals surface area (Å²) in [6, 6.07) is 13.2. The normalized spacial score (nSPS) is 14.8. The average Bonchev–Trinajstić information content (AvgIpc) is 2.91. The molecule has 0 atom stereocenters. The Balaban J connectivity index is 1.90. The van der Waals surface area contributed by atoms with Gasteiger partial charge in [-0.1, -0.05) is 41.9 Å². The summed E-state index contributed by atoms with van der Waals surface area (Å²) in [5, 5.41) is 5.06. The van der Waals surface area contributed by atoms with Crippen molar-refractivity contribution in [3.8, 4) is 0 Å². The van der Waals surface area contributed by atoms with Gasteiger partial charge < -0.3 is 9.88 Å². The van der Waals surface area contributed by atoms with E-state index >= 15 is 0 Å². The number of aromatic nitrogens is 1. The van der Waals surface area contributed by atoms with E-state index in [0.29, 0.717) is 17.1 Å². The average molecular weight is 355 g/mol. The van der Waals surface area contributed by atoms with Crippen LogP contribution in [0.15, 0.2) is 48.5 Å². The summed E-state index contributed by atoms with van der Waals surface area (Å²) in [6.07, 6.45) is 3.27. The van der Waals surface area contributed by atoms with E-state index in [1.54, 1.807) is 12.1 Å². The van der Waals surface area contributed by atoms with Crippen LogP contribution in [-0.4, -0.2) is 17.7 Å². The lowest BCUT2D eigenvalue weighted by atomic mass is 9.97. The van der Waals surface area contributed by atoms with Crippen LogP contribution in [-0.2, 0) is 6.54 Å². The Kier molecular flexibility index (Phi) is 4.36. The molecule has 1 N–H and O–H groups in total. The second kappa shape index (κ2) is 6.66. The van der Waals surface area contributed by atoms with Crippen LogP contribution >= 0.6 is 11.6 Å². The van der Waals surface area contributed by atoms with Gasteiger partial charge in [0.15, 0.2) is 0 Å². The van der Waals surface area contributed by atoms with Gasteiger partial charge in [-0.25, -0.2) is 4.39 Å². The van der Waals surface area contributed by atoms with Crippen LogP contribution in [0.2, 0.25) is 5.02 Å². The maximum atomic E-state index is 14.3. The molecule has 2 nitrogen and oxygen atoms in total. The highest BCUT2D eigenvalue weighted by Crippen LogP contribution is 2.34. The van der Waals surface area contributed by atoms with Crippen molar-refractivity contribution in [2.75, 3.05) is 13.1 Å². The van der Waals surface area contributed by atoms with Crippen molar-refractivity contribution in [3.05, 3.63) is 76.2 Å². The first kappa shape index (κ1) is 16.4. The van der Waals surface area contributed by atoms with E-state index in [-0.39, 0.29) is 5.82 Å². The van der Waals surface area contributed by atoms with Crippen molar-refractivity contribution in [1.29, 1.82) is 0 Å². The molecule has 0 fully saturated rings. The Bertz CT molecular complexity index is 951. The summed E-state index contributed by atoms with van der Waals surface area (Å²) in [7, 11) is 0. The van der Waals surface area contributed by atoms with Crippen molar-refractivity contribution in [3.63, 3.8) is 0 Å². The van der Waals surface area contributed by atoms with Gasteiger partial charge in [-0.3, -0.25) is 0 Å². The molecular weight excluding hydrogens is 335 g/mol. The molecule has 0 radical (unpaired) electrons.